The third-order valence-electron chi connectivity index (χ3n) is 2.66. The van der Waals surface area contributed by atoms with Crippen LogP contribution < -0.4 is 16.2 Å². The molecule has 1 aromatic heterocycles. The molecule has 0 aliphatic heterocycles. The highest BCUT2D eigenvalue weighted by Gasteiger charge is 2.31. The van der Waals surface area contributed by atoms with Crippen molar-refractivity contribution in [2.24, 2.45) is 5.73 Å². The number of halogens is 1. The lowest BCUT2D eigenvalue weighted by atomic mass is 10.3. The predicted octanol–water partition coefficient (Wildman–Crippen LogP) is 0.827. The lowest BCUT2D eigenvalue weighted by Crippen LogP contribution is -2.32. The van der Waals surface area contributed by atoms with Gasteiger partial charge >= 0.3 is 0 Å². The van der Waals surface area contributed by atoms with Gasteiger partial charge in [0.15, 0.2) is 5.82 Å². The van der Waals surface area contributed by atoms with E-state index in [4.69, 9.17) is 11.1 Å². The summed E-state index contributed by atoms with van der Waals surface area (Å²) in [6.45, 7) is 0.620. The first-order chi connectivity index (χ1) is 8.09. The lowest BCUT2D eigenvalue weighted by molar-refractivity contribution is 0.774. The minimum absolute atomic E-state index is 0.150. The van der Waals surface area contributed by atoms with E-state index in [1.165, 1.54) is 6.33 Å². The molecule has 1 aliphatic carbocycles. The van der Waals surface area contributed by atoms with Crippen LogP contribution in [0.3, 0.4) is 0 Å². The molecule has 0 unspecified atom stereocenters. The normalized spacial score (nSPS) is 14.6. The molecule has 7 heteroatoms. The predicted molar refractivity (Wildman–Crippen MR) is 69.5 cm³/mol. The number of hydrogen-bond acceptors (Lipinski definition) is 4. The highest BCUT2D eigenvalue weighted by atomic mass is 79.9. The SMILES string of the molecule is N=C(N)CCN(c1nc[nH]c(=O)c1Br)C1CC1. The van der Waals surface area contributed by atoms with Gasteiger partial charge in [0.05, 0.1) is 12.2 Å². The Morgan fingerprint density at radius 3 is 3.00 bits per heavy atom. The van der Waals surface area contributed by atoms with Crippen LogP contribution in [0.25, 0.3) is 0 Å². The summed E-state index contributed by atoms with van der Waals surface area (Å²) in [5.74, 6) is 0.786. The number of hydrogen-bond donors (Lipinski definition) is 3. The van der Waals surface area contributed by atoms with Gasteiger partial charge in [-0.1, -0.05) is 0 Å². The van der Waals surface area contributed by atoms with Crippen LogP contribution in [0.2, 0.25) is 0 Å². The molecule has 0 bridgehead atoms. The number of aromatic amines is 1. The number of nitrogens with zero attached hydrogens (tertiary/aromatic N) is 2. The zero-order valence-corrected chi connectivity index (χ0v) is 10.8. The standard InChI is InChI=1S/C10H14BrN5O/c11-8-9(14-5-15-10(8)17)16(6-1-2-6)4-3-7(12)13/h5-6H,1-4H2,(H3,12,13)(H,14,15,17). The Balaban J connectivity index is 2.23. The van der Waals surface area contributed by atoms with Crippen molar-refractivity contribution in [1.82, 2.24) is 9.97 Å². The number of nitrogens with two attached hydrogens (primary N) is 1. The van der Waals surface area contributed by atoms with E-state index >= 15 is 0 Å². The van der Waals surface area contributed by atoms with Gasteiger partial charge in [-0.3, -0.25) is 10.2 Å². The zero-order valence-electron chi connectivity index (χ0n) is 9.24. The zero-order chi connectivity index (χ0) is 12.4. The van der Waals surface area contributed by atoms with Crippen LogP contribution in [0.1, 0.15) is 19.3 Å². The van der Waals surface area contributed by atoms with Crippen molar-refractivity contribution >= 4 is 27.6 Å². The first-order valence-electron chi connectivity index (χ1n) is 5.42. The Hall–Kier alpha value is -1.37. The van der Waals surface area contributed by atoms with Gasteiger partial charge in [-0.25, -0.2) is 4.98 Å². The maximum atomic E-state index is 11.5. The minimum Gasteiger partial charge on any atom is -0.388 e. The van der Waals surface area contributed by atoms with E-state index in [1.807, 2.05) is 4.90 Å². The quantitative estimate of drug-likeness (QED) is 0.554. The molecule has 0 aromatic carbocycles. The van der Waals surface area contributed by atoms with E-state index in [9.17, 15) is 4.79 Å². The van der Waals surface area contributed by atoms with E-state index in [1.54, 1.807) is 0 Å². The molecule has 1 aliphatic rings. The Labute approximate surface area is 107 Å². The van der Waals surface area contributed by atoms with Gasteiger partial charge < -0.3 is 15.6 Å². The largest absolute Gasteiger partial charge is 0.388 e. The summed E-state index contributed by atoms with van der Waals surface area (Å²) in [5.41, 5.74) is 5.17. The van der Waals surface area contributed by atoms with Crippen molar-refractivity contribution in [2.75, 3.05) is 11.4 Å². The molecule has 4 N–H and O–H groups in total. The van der Waals surface area contributed by atoms with Gasteiger partial charge in [0.2, 0.25) is 0 Å². The number of aromatic nitrogens is 2. The van der Waals surface area contributed by atoms with Crippen LogP contribution in [0.15, 0.2) is 15.6 Å². The van der Waals surface area contributed by atoms with E-state index in [2.05, 4.69) is 25.9 Å². The van der Waals surface area contributed by atoms with Crippen LogP contribution >= 0.6 is 15.9 Å². The van der Waals surface area contributed by atoms with Crippen LogP contribution in [0.5, 0.6) is 0 Å². The summed E-state index contributed by atoms with van der Waals surface area (Å²) in [5, 5.41) is 7.26. The Bertz CT molecular complexity index is 482. The molecule has 0 radical (unpaired) electrons. The van der Waals surface area contributed by atoms with Crippen LogP contribution in [0.4, 0.5) is 5.82 Å². The van der Waals surface area contributed by atoms with Crippen molar-refractivity contribution in [3.63, 3.8) is 0 Å². The minimum atomic E-state index is -0.191. The summed E-state index contributed by atoms with van der Waals surface area (Å²) < 4.78 is 0.440. The van der Waals surface area contributed by atoms with Gasteiger partial charge in [-0.15, -0.1) is 0 Å². The highest BCUT2D eigenvalue weighted by molar-refractivity contribution is 9.10. The van der Waals surface area contributed by atoms with Crippen molar-refractivity contribution in [3.8, 4) is 0 Å². The van der Waals surface area contributed by atoms with Crippen molar-refractivity contribution in [2.45, 2.75) is 25.3 Å². The van der Waals surface area contributed by atoms with Gasteiger partial charge in [0.1, 0.15) is 4.47 Å². The lowest BCUT2D eigenvalue weighted by Gasteiger charge is -2.23. The fourth-order valence-electron chi connectivity index (χ4n) is 1.66. The highest BCUT2D eigenvalue weighted by Crippen LogP contribution is 2.32. The van der Waals surface area contributed by atoms with Crippen LogP contribution in [-0.2, 0) is 0 Å². The first kappa shape index (κ1) is 12.1. The second-order valence-corrected chi connectivity index (χ2v) is 4.86. The second kappa shape index (κ2) is 4.87. The van der Waals surface area contributed by atoms with Crippen molar-refractivity contribution in [3.05, 3.63) is 21.2 Å². The smallest absolute Gasteiger partial charge is 0.267 e. The summed E-state index contributed by atoms with van der Waals surface area (Å²) in [6.07, 6.45) is 4.07. The number of nitrogens with one attached hydrogen (secondary N) is 2. The molecule has 1 aromatic rings. The third-order valence-corrected chi connectivity index (χ3v) is 3.37. The number of H-pyrrole nitrogens is 1. The fraction of sp³-hybridized carbons (Fsp3) is 0.500. The Morgan fingerprint density at radius 2 is 2.41 bits per heavy atom. The number of rotatable bonds is 5. The molecule has 0 spiro atoms. The molecule has 1 heterocycles. The average Bonchev–Trinajstić information content (AvgIpc) is 3.08. The molecule has 6 nitrogen and oxygen atoms in total. The molecule has 17 heavy (non-hydrogen) atoms. The molecule has 1 fully saturated rings. The number of anilines is 1. The van der Waals surface area contributed by atoms with E-state index in [0.29, 0.717) is 29.3 Å². The number of amidine groups is 1. The topological polar surface area (TPSA) is 98.9 Å². The monoisotopic (exact) mass is 299 g/mol. The first-order valence-corrected chi connectivity index (χ1v) is 6.21. The van der Waals surface area contributed by atoms with Gasteiger partial charge in [0.25, 0.3) is 5.56 Å². The summed E-state index contributed by atoms with van der Waals surface area (Å²) in [6, 6.07) is 0.417. The molecule has 2 rings (SSSR count). The average molecular weight is 300 g/mol. The van der Waals surface area contributed by atoms with Crippen molar-refractivity contribution in [1.29, 1.82) is 5.41 Å². The molecule has 1 saturated carbocycles. The van der Waals surface area contributed by atoms with Crippen LogP contribution in [-0.4, -0.2) is 28.4 Å². The van der Waals surface area contributed by atoms with E-state index < -0.39 is 0 Å². The Morgan fingerprint density at radius 1 is 1.71 bits per heavy atom. The van der Waals surface area contributed by atoms with Gasteiger partial charge in [-0.05, 0) is 28.8 Å². The third kappa shape index (κ3) is 2.85. The second-order valence-electron chi connectivity index (χ2n) is 4.07. The maximum absolute atomic E-state index is 11.5. The van der Waals surface area contributed by atoms with Crippen molar-refractivity contribution < 1.29 is 0 Å². The molecule has 0 atom stereocenters. The summed E-state index contributed by atoms with van der Waals surface area (Å²) in [7, 11) is 0. The van der Waals surface area contributed by atoms with Gasteiger partial charge in [0, 0.05) is 19.0 Å². The molecular weight excluding hydrogens is 286 g/mol. The van der Waals surface area contributed by atoms with E-state index in [0.717, 1.165) is 12.8 Å². The molecule has 0 saturated heterocycles. The molecule has 92 valence electrons. The van der Waals surface area contributed by atoms with Gasteiger partial charge in [-0.2, -0.15) is 0 Å². The summed E-state index contributed by atoms with van der Waals surface area (Å²) >= 11 is 3.25. The molecule has 0 amide bonds. The maximum Gasteiger partial charge on any atom is 0.267 e. The molecular formula is C10H14BrN5O. The van der Waals surface area contributed by atoms with Crippen LogP contribution in [0, 0.1) is 5.41 Å². The Kier molecular flexibility index (Phi) is 3.46. The fourth-order valence-corrected chi connectivity index (χ4v) is 2.11. The summed E-state index contributed by atoms with van der Waals surface area (Å²) in [4.78, 5) is 20.2. The van der Waals surface area contributed by atoms with E-state index in [-0.39, 0.29) is 11.4 Å².